The van der Waals surface area contributed by atoms with Crippen molar-refractivity contribution < 1.29 is 4.74 Å². The molecule has 2 unspecified atom stereocenters. The molecule has 0 aliphatic heterocycles. The SMILES string of the molecule is CC(C)OCCN(C)C(C)C(C)CNC1CC1. The van der Waals surface area contributed by atoms with Crippen LogP contribution in [0, 0.1) is 5.92 Å². The Bertz CT molecular complexity index is 204. The van der Waals surface area contributed by atoms with Crippen LogP contribution in [0.2, 0.25) is 0 Å². The van der Waals surface area contributed by atoms with Crippen molar-refractivity contribution in [3.8, 4) is 0 Å². The van der Waals surface area contributed by atoms with E-state index >= 15 is 0 Å². The van der Waals surface area contributed by atoms with E-state index in [1.165, 1.54) is 12.8 Å². The molecule has 0 aromatic carbocycles. The topological polar surface area (TPSA) is 24.5 Å². The van der Waals surface area contributed by atoms with Gasteiger partial charge in [-0.05, 0) is 53.1 Å². The van der Waals surface area contributed by atoms with Crippen molar-refractivity contribution >= 4 is 0 Å². The molecule has 3 nitrogen and oxygen atoms in total. The monoisotopic (exact) mass is 242 g/mol. The lowest BCUT2D eigenvalue weighted by Crippen LogP contribution is -2.41. The van der Waals surface area contributed by atoms with Crippen LogP contribution >= 0.6 is 0 Å². The van der Waals surface area contributed by atoms with Crippen molar-refractivity contribution in [2.45, 2.75) is 58.7 Å². The first kappa shape index (κ1) is 14.9. The molecule has 0 spiro atoms. The van der Waals surface area contributed by atoms with Gasteiger partial charge in [0.05, 0.1) is 12.7 Å². The first-order valence-corrected chi connectivity index (χ1v) is 7.06. The molecule has 2 atom stereocenters. The van der Waals surface area contributed by atoms with Gasteiger partial charge in [-0.25, -0.2) is 0 Å². The average Bonchev–Trinajstić information content (AvgIpc) is 3.07. The van der Waals surface area contributed by atoms with Gasteiger partial charge in [0.2, 0.25) is 0 Å². The number of nitrogens with zero attached hydrogens (tertiary/aromatic N) is 1. The van der Waals surface area contributed by atoms with Gasteiger partial charge in [0, 0.05) is 18.6 Å². The summed E-state index contributed by atoms with van der Waals surface area (Å²) in [5.41, 5.74) is 0. The Morgan fingerprint density at radius 2 is 1.88 bits per heavy atom. The summed E-state index contributed by atoms with van der Waals surface area (Å²) in [6, 6.07) is 1.43. The first-order valence-electron chi connectivity index (χ1n) is 7.06. The number of hydrogen-bond acceptors (Lipinski definition) is 3. The Morgan fingerprint density at radius 1 is 1.24 bits per heavy atom. The fraction of sp³-hybridized carbons (Fsp3) is 1.00. The van der Waals surface area contributed by atoms with Crippen LogP contribution in [-0.4, -0.2) is 49.8 Å². The number of rotatable bonds is 9. The van der Waals surface area contributed by atoms with Crippen molar-refractivity contribution in [3.05, 3.63) is 0 Å². The minimum Gasteiger partial charge on any atom is -0.377 e. The largest absolute Gasteiger partial charge is 0.377 e. The van der Waals surface area contributed by atoms with Gasteiger partial charge in [-0.1, -0.05) is 6.92 Å². The van der Waals surface area contributed by atoms with Crippen LogP contribution in [0.15, 0.2) is 0 Å². The Kier molecular flexibility index (Phi) is 6.45. The van der Waals surface area contributed by atoms with Gasteiger partial charge in [-0.3, -0.25) is 0 Å². The molecule has 102 valence electrons. The average molecular weight is 242 g/mol. The van der Waals surface area contributed by atoms with Gasteiger partial charge < -0.3 is 15.0 Å². The maximum atomic E-state index is 5.59. The molecule has 1 aliphatic rings. The molecular weight excluding hydrogens is 212 g/mol. The number of nitrogens with one attached hydrogen (secondary N) is 1. The highest BCUT2D eigenvalue weighted by Gasteiger charge is 2.23. The van der Waals surface area contributed by atoms with E-state index in [-0.39, 0.29) is 0 Å². The second-order valence-corrected chi connectivity index (χ2v) is 5.80. The van der Waals surface area contributed by atoms with E-state index in [0.29, 0.717) is 18.1 Å². The van der Waals surface area contributed by atoms with Crippen LogP contribution in [0.3, 0.4) is 0 Å². The molecule has 1 rings (SSSR count). The maximum Gasteiger partial charge on any atom is 0.0596 e. The van der Waals surface area contributed by atoms with Crippen molar-refractivity contribution in [1.82, 2.24) is 10.2 Å². The molecule has 0 aromatic heterocycles. The molecule has 1 saturated carbocycles. The summed E-state index contributed by atoms with van der Waals surface area (Å²) in [4.78, 5) is 2.40. The van der Waals surface area contributed by atoms with Crippen molar-refractivity contribution in [2.24, 2.45) is 5.92 Å². The molecule has 0 saturated heterocycles. The number of likely N-dealkylation sites (N-methyl/N-ethyl adjacent to an activating group) is 1. The lowest BCUT2D eigenvalue weighted by atomic mass is 10.0. The van der Waals surface area contributed by atoms with E-state index in [2.05, 4.69) is 45.0 Å². The molecule has 1 aliphatic carbocycles. The van der Waals surface area contributed by atoms with Gasteiger partial charge in [-0.15, -0.1) is 0 Å². The highest BCUT2D eigenvalue weighted by atomic mass is 16.5. The quantitative estimate of drug-likeness (QED) is 0.670. The standard InChI is InChI=1S/C14H30N2O/c1-11(2)17-9-8-16(5)13(4)12(3)10-15-14-6-7-14/h11-15H,6-10H2,1-5H3. The lowest BCUT2D eigenvalue weighted by molar-refractivity contribution is 0.0519. The molecule has 0 bridgehead atoms. The van der Waals surface area contributed by atoms with E-state index in [0.717, 1.165) is 25.7 Å². The summed E-state index contributed by atoms with van der Waals surface area (Å²) in [7, 11) is 2.20. The fourth-order valence-electron chi connectivity index (χ4n) is 1.88. The summed E-state index contributed by atoms with van der Waals surface area (Å²) in [5, 5.41) is 3.61. The Balaban J connectivity index is 2.11. The van der Waals surface area contributed by atoms with Gasteiger partial charge in [0.1, 0.15) is 0 Å². The predicted molar refractivity (Wildman–Crippen MR) is 73.4 cm³/mol. The van der Waals surface area contributed by atoms with Gasteiger partial charge in [0.25, 0.3) is 0 Å². The summed E-state index contributed by atoms with van der Waals surface area (Å²) in [6.45, 7) is 11.8. The first-order chi connectivity index (χ1) is 8.00. The number of hydrogen-bond donors (Lipinski definition) is 1. The molecule has 0 amide bonds. The van der Waals surface area contributed by atoms with E-state index in [1.54, 1.807) is 0 Å². The van der Waals surface area contributed by atoms with Crippen molar-refractivity contribution in [2.75, 3.05) is 26.7 Å². The second kappa shape index (κ2) is 7.34. The molecule has 0 heterocycles. The lowest BCUT2D eigenvalue weighted by Gasteiger charge is -2.30. The minimum atomic E-state index is 0.340. The molecule has 0 aromatic rings. The van der Waals surface area contributed by atoms with E-state index < -0.39 is 0 Å². The van der Waals surface area contributed by atoms with E-state index in [9.17, 15) is 0 Å². The summed E-state index contributed by atoms with van der Waals surface area (Å²) >= 11 is 0. The van der Waals surface area contributed by atoms with Gasteiger partial charge >= 0.3 is 0 Å². The normalized spacial score (nSPS) is 19.9. The van der Waals surface area contributed by atoms with Crippen LogP contribution in [0.1, 0.15) is 40.5 Å². The molecule has 1 N–H and O–H groups in total. The minimum absolute atomic E-state index is 0.340. The molecule has 17 heavy (non-hydrogen) atoms. The van der Waals surface area contributed by atoms with E-state index in [4.69, 9.17) is 4.74 Å². The highest BCUT2D eigenvalue weighted by molar-refractivity contribution is 4.83. The van der Waals surface area contributed by atoms with E-state index in [1.807, 2.05) is 0 Å². The Labute approximate surface area is 107 Å². The number of ether oxygens (including phenoxy) is 1. The maximum absolute atomic E-state index is 5.59. The fourth-order valence-corrected chi connectivity index (χ4v) is 1.88. The third-order valence-electron chi connectivity index (χ3n) is 3.72. The zero-order chi connectivity index (χ0) is 12.8. The van der Waals surface area contributed by atoms with Crippen molar-refractivity contribution in [1.29, 1.82) is 0 Å². The predicted octanol–water partition coefficient (Wildman–Crippen LogP) is 2.12. The summed E-state index contributed by atoms with van der Waals surface area (Å²) < 4.78 is 5.59. The van der Waals surface area contributed by atoms with Gasteiger partial charge in [-0.2, -0.15) is 0 Å². The molecular formula is C14H30N2O. The van der Waals surface area contributed by atoms with Crippen LogP contribution in [-0.2, 0) is 4.74 Å². The summed E-state index contributed by atoms with van der Waals surface area (Å²) in [5.74, 6) is 0.694. The molecule has 0 radical (unpaired) electrons. The zero-order valence-electron chi connectivity index (χ0n) is 12.2. The highest BCUT2D eigenvalue weighted by Crippen LogP contribution is 2.19. The smallest absolute Gasteiger partial charge is 0.0596 e. The third kappa shape index (κ3) is 6.39. The van der Waals surface area contributed by atoms with Crippen molar-refractivity contribution in [3.63, 3.8) is 0 Å². The van der Waals surface area contributed by atoms with Crippen LogP contribution in [0.5, 0.6) is 0 Å². The third-order valence-corrected chi connectivity index (χ3v) is 3.72. The molecule has 3 heteroatoms. The second-order valence-electron chi connectivity index (χ2n) is 5.80. The molecule has 1 fully saturated rings. The Hall–Kier alpha value is -0.120. The summed E-state index contributed by atoms with van der Waals surface area (Å²) in [6.07, 6.45) is 3.09. The Morgan fingerprint density at radius 3 is 2.41 bits per heavy atom. The van der Waals surface area contributed by atoms with Crippen LogP contribution < -0.4 is 5.32 Å². The van der Waals surface area contributed by atoms with Crippen LogP contribution in [0.4, 0.5) is 0 Å². The van der Waals surface area contributed by atoms with Gasteiger partial charge in [0.15, 0.2) is 0 Å². The zero-order valence-corrected chi connectivity index (χ0v) is 12.2. The van der Waals surface area contributed by atoms with Crippen LogP contribution in [0.25, 0.3) is 0 Å².